The number of para-hydroxylation sites is 1. The molecule has 0 saturated heterocycles. The molecule has 0 saturated carbocycles. The lowest BCUT2D eigenvalue weighted by Gasteiger charge is -2.29. The average Bonchev–Trinajstić information content (AvgIpc) is 2.44. The minimum absolute atomic E-state index is 0.0753. The third-order valence-corrected chi connectivity index (χ3v) is 3.45. The van der Waals surface area contributed by atoms with Crippen LogP contribution in [0.1, 0.15) is 39.3 Å². The van der Waals surface area contributed by atoms with E-state index in [2.05, 4.69) is 24.5 Å². The summed E-state index contributed by atoms with van der Waals surface area (Å²) in [4.78, 5) is 23.8. The van der Waals surface area contributed by atoms with Crippen LogP contribution in [-0.2, 0) is 4.79 Å². The fourth-order valence-corrected chi connectivity index (χ4v) is 2.50. The van der Waals surface area contributed by atoms with Crippen molar-refractivity contribution in [3.8, 4) is 5.75 Å². The van der Waals surface area contributed by atoms with Crippen molar-refractivity contribution in [2.75, 3.05) is 6.61 Å². The number of hydrogen-bond acceptors (Lipinski definition) is 3. The van der Waals surface area contributed by atoms with Crippen LogP contribution in [0.15, 0.2) is 35.5 Å². The molecule has 5 nitrogen and oxygen atoms in total. The second kappa shape index (κ2) is 6.64. The summed E-state index contributed by atoms with van der Waals surface area (Å²) in [5, 5.41) is 5.46. The predicted octanol–water partition coefficient (Wildman–Crippen LogP) is 2.94. The van der Waals surface area contributed by atoms with Gasteiger partial charge in [0.1, 0.15) is 5.75 Å². The van der Waals surface area contributed by atoms with E-state index in [1.807, 2.05) is 24.3 Å². The highest BCUT2D eigenvalue weighted by Gasteiger charge is 2.30. The summed E-state index contributed by atoms with van der Waals surface area (Å²) in [5.74, 6) is 1.00. The summed E-state index contributed by atoms with van der Waals surface area (Å²) in [7, 11) is 0. The van der Waals surface area contributed by atoms with Crippen molar-refractivity contribution < 1.29 is 14.3 Å². The molecule has 5 heteroatoms. The number of urea groups is 1. The van der Waals surface area contributed by atoms with Gasteiger partial charge in [-0.15, -0.1) is 0 Å². The fourth-order valence-electron chi connectivity index (χ4n) is 2.50. The van der Waals surface area contributed by atoms with Crippen LogP contribution in [0.4, 0.5) is 4.79 Å². The van der Waals surface area contributed by atoms with E-state index in [0.717, 1.165) is 5.56 Å². The first-order chi connectivity index (χ1) is 10.4. The molecule has 0 aliphatic carbocycles. The number of carbonyl (C=O) groups excluding carboxylic acids is 2. The van der Waals surface area contributed by atoms with Crippen LogP contribution in [0, 0.1) is 5.92 Å². The number of hydrogen-bond donors (Lipinski definition) is 2. The maximum Gasteiger partial charge on any atom is 0.319 e. The van der Waals surface area contributed by atoms with Gasteiger partial charge in [0.2, 0.25) is 0 Å². The number of ether oxygens (including phenoxy) is 1. The lowest BCUT2D eigenvalue weighted by molar-refractivity contribution is -0.114. The lowest BCUT2D eigenvalue weighted by Crippen LogP contribution is -2.44. The molecule has 1 atom stereocenters. The molecular weight excluding hydrogens is 280 g/mol. The number of nitrogens with one attached hydrogen (secondary N) is 2. The molecule has 1 aromatic carbocycles. The van der Waals surface area contributed by atoms with E-state index >= 15 is 0 Å². The summed E-state index contributed by atoms with van der Waals surface area (Å²) in [5.41, 5.74) is 1.93. The van der Waals surface area contributed by atoms with E-state index in [9.17, 15) is 9.59 Å². The van der Waals surface area contributed by atoms with Gasteiger partial charge in [-0.1, -0.05) is 32.0 Å². The van der Waals surface area contributed by atoms with Crippen molar-refractivity contribution in [3.05, 3.63) is 41.1 Å². The van der Waals surface area contributed by atoms with E-state index in [4.69, 9.17) is 4.74 Å². The van der Waals surface area contributed by atoms with Crippen LogP contribution in [0.5, 0.6) is 5.75 Å². The van der Waals surface area contributed by atoms with Gasteiger partial charge in [-0.25, -0.2) is 4.79 Å². The average molecular weight is 302 g/mol. The van der Waals surface area contributed by atoms with Crippen molar-refractivity contribution in [1.82, 2.24) is 10.6 Å². The number of amides is 2. The Morgan fingerprint density at radius 1 is 1.32 bits per heavy atom. The highest BCUT2D eigenvalue weighted by Crippen LogP contribution is 2.33. The van der Waals surface area contributed by atoms with Crippen LogP contribution < -0.4 is 15.4 Å². The molecule has 1 unspecified atom stereocenters. The van der Waals surface area contributed by atoms with Crippen LogP contribution in [-0.4, -0.2) is 18.4 Å². The number of benzene rings is 1. The Morgan fingerprint density at radius 2 is 2.00 bits per heavy atom. The predicted molar refractivity (Wildman–Crippen MR) is 84.6 cm³/mol. The molecule has 2 N–H and O–H groups in total. The standard InChI is InChI=1S/C17H22N2O3/c1-10(2)9-22-14-8-6-5-7-13(14)16-15(12(4)20)11(3)18-17(21)19-16/h5-8,10,16H,9H2,1-4H3,(H2,18,19,21). The minimum Gasteiger partial charge on any atom is -0.493 e. The van der Waals surface area contributed by atoms with Gasteiger partial charge < -0.3 is 15.4 Å². The normalized spacial score (nSPS) is 18.0. The van der Waals surface area contributed by atoms with Crippen molar-refractivity contribution >= 4 is 11.8 Å². The first-order valence-corrected chi connectivity index (χ1v) is 7.41. The topological polar surface area (TPSA) is 67.4 Å². The molecule has 118 valence electrons. The van der Waals surface area contributed by atoms with E-state index in [1.165, 1.54) is 6.92 Å². The number of allylic oxidation sites excluding steroid dienone is 1. The highest BCUT2D eigenvalue weighted by atomic mass is 16.5. The molecule has 0 fully saturated rings. The summed E-state index contributed by atoms with van der Waals surface area (Å²) >= 11 is 0. The molecule has 1 aliphatic heterocycles. The summed E-state index contributed by atoms with van der Waals surface area (Å²) in [6.07, 6.45) is 0. The molecule has 1 aromatic rings. The van der Waals surface area contributed by atoms with Gasteiger partial charge in [0.25, 0.3) is 0 Å². The Labute approximate surface area is 130 Å². The van der Waals surface area contributed by atoms with E-state index in [-0.39, 0.29) is 11.8 Å². The Bertz CT molecular complexity index is 620. The molecule has 0 radical (unpaired) electrons. The van der Waals surface area contributed by atoms with Gasteiger partial charge in [0.05, 0.1) is 12.6 Å². The monoisotopic (exact) mass is 302 g/mol. The van der Waals surface area contributed by atoms with E-state index in [1.54, 1.807) is 6.92 Å². The molecule has 2 amide bonds. The third kappa shape index (κ3) is 3.47. The number of Topliss-reactive ketones (excluding diaryl/α,β-unsaturated/α-hetero) is 1. The molecule has 0 spiro atoms. The number of rotatable bonds is 5. The van der Waals surface area contributed by atoms with Crippen molar-refractivity contribution in [2.45, 2.75) is 33.7 Å². The number of carbonyl (C=O) groups is 2. The van der Waals surface area contributed by atoms with E-state index in [0.29, 0.717) is 29.5 Å². The quantitative estimate of drug-likeness (QED) is 0.878. The lowest BCUT2D eigenvalue weighted by atomic mass is 9.92. The second-order valence-corrected chi connectivity index (χ2v) is 5.87. The van der Waals surface area contributed by atoms with Crippen LogP contribution >= 0.6 is 0 Å². The van der Waals surface area contributed by atoms with E-state index < -0.39 is 6.04 Å². The molecule has 0 bridgehead atoms. The minimum atomic E-state index is -0.491. The van der Waals surface area contributed by atoms with Crippen LogP contribution in [0.25, 0.3) is 0 Å². The zero-order chi connectivity index (χ0) is 16.3. The molecule has 2 rings (SSSR count). The summed E-state index contributed by atoms with van der Waals surface area (Å²) in [6.45, 7) is 7.95. The SMILES string of the molecule is CC(=O)C1=C(C)NC(=O)NC1c1ccccc1OCC(C)C. The molecule has 1 aliphatic rings. The smallest absolute Gasteiger partial charge is 0.319 e. The molecular formula is C17H22N2O3. The van der Waals surface area contributed by atoms with Gasteiger partial charge in [0.15, 0.2) is 5.78 Å². The Balaban J connectivity index is 2.43. The third-order valence-electron chi connectivity index (χ3n) is 3.45. The zero-order valence-electron chi connectivity index (χ0n) is 13.4. The summed E-state index contributed by atoms with van der Waals surface area (Å²) < 4.78 is 5.84. The molecule has 22 heavy (non-hydrogen) atoms. The number of ketones is 1. The Kier molecular flexibility index (Phi) is 4.85. The van der Waals surface area contributed by atoms with Crippen LogP contribution in [0.3, 0.4) is 0 Å². The van der Waals surface area contributed by atoms with Gasteiger partial charge >= 0.3 is 6.03 Å². The highest BCUT2D eigenvalue weighted by molar-refractivity contribution is 5.98. The van der Waals surface area contributed by atoms with Gasteiger partial charge in [-0.2, -0.15) is 0 Å². The van der Waals surface area contributed by atoms with Crippen molar-refractivity contribution in [1.29, 1.82) is 0 Å². The molecule has 1 heterocycles. The zero-order valence-corrected chi connectivity index (χ0v) is 13.4. The van der Waals surface area contributed by atoms with Crippen molar-refractivity contribution in [2.24, 2.45) is 5.92 Å². The maximum atomic E-state index is 12.0. The van der Waals surface area contributed by atoms with Gasteiger partial charge in [-0.05, 0) is 25.8 Å². The van der Waals surface area contributed by atoms with Gasteiger partial charge in [0, 0.05) is 16.8 Å². The molecule has 0 aromatic heterocycles. The maximum absolute atomic E-state index is 12.0. The van der Waals surface area contributed by atoms with Gasteiger partial charge in [-0.3, -0.25) is 4.79 Å². The fraction of sp³-hybridized carbons (Fsp3) is 0.412. The Morgan fingerprint density at radius 3 is 2.64 bits per heavy atom. The first kappa shape index (κ1) is 16.1. The van der Waals surface area contributed by atoms with Crippen molar-refractivity contribution in [3.63, 3.8) is 0 Å². The first-order valence-electron chi connectivity index (χ1n) is 7.41. The Hall–Kier alpha value is -2.30. The summed E-state index contributed by atoms with van der Waals surface area (Å²) in [6, 6.07) is 6.69. The van der Waals surface area contributed by atoms with Crippen LogP contribution in [0.2, 0.25) is 0 Å². The second-order valence-electron chi connectivity index (χ2n) is 5.87. The largest absolute Gasteiger partial charge is 0.493 e.